The Hall–Kier alpha value is -1.23. The lowest BCUT2D eigenvalue weighted by atomic mass is 9.96. The number of hydrogen-bond donors (Lipinski definition) is 1. The molecule has 90 valence electrons. The number of rotatable bonds is 3. The highest BCUT2D eigenvalue weighted by Gasteiger charge is 2.27. The van der Waals surface area contributed by atoms with Gasteiger partial charge >= 0.3 is 0 Å². The van der Waals surface area contributed by atoms with Gasteiger partial charge in [-0.05, 0) is 5.92 Å². The first-order chi connectivity index (χ1) is 7.23. The van der Waals surface area contributed by atoms with Crippen molar-refractivity contribution in [2.75, 3.05) is 0 Å². The SMILES string of the molecule is CC(C)C(N)C(=O)c1nc(C(C)(C)C)no1. The predicted octanol–water partition coefficient (Wildman–Crippen LogP) is 1.53. The lowest BCUT2D eigenvalue weighted by Crippen LogP contribution is -2.35. The molecule has 0 spiro atoms. The van der Waals surface area contributed by atoms with E-state index in [0.717, 1.165) is 0 Å². The second-order valence-electron chi connectivity index (χ2n) is 5.31. The van der Waals surface area contributed by atoms with Gasteiger partial charge in [-0.2, -0.15) is 4.98 Å². The summed E-state index contributed by atoms with van der Waals surface area (Å²) >= 11 is 0. The second-order valence-corrected chi connectivity index (χ2v) is 5.31. The van der Waals surface area contributed by atoms with Crippen molar-refractivity contribution in [3.63, 3.8) is 0 Å². The maximum Gasteiger partial charge on any atom is 0.295 e. The monoisotopic (exact) mass is 225 g/mol. The van der Waals surface area contributed by atoms with Crippen LogP contribution in [0.3, 0.4) is 0 Å². The summed E-state index contributed by atoms with van der Waals surface area (Å²) in [6, 6.07) is -0.590. The molecule has 1 atom stereocenters. The molecule has 0 saturated heterocycles. The second kappa shape index (κ2) is 4.33. The normalized spacial score (nSPS) is 14.2. The molecule has 0 aromatic carbocycles. The Balaban J connectivity index is 2.91. The fourth-order valence-electron chi connectivity index (χ4n) is 1.07. The number of nitrogens with two attached hydrogens (primary N) is 1. The summed E-state index contributed by atoms with van der Waals surface area (Å²) in [5.74, 6) is 0.286. The van der Waals surface area contributed by atoms with Crippen LogP contribution in [0.25, 0.3) is 0 Å². The molecule has 1 heterocycles. The van der Waals surface area contributed by atoms with Gasteiger partial charge in [-0.15, -0.1) is 0 Å². The van der Waals surface area contributed by atoms with Gasteiger partial charge in [-0.1, -0.05) is 39.8 Å². The zero-order chi connectivity index (χ0) is 12.5. The van der Waals surface area contributed by atoms with Gasteiger partial charge in [0, 0.05) is 5.41 Å². The van der Waals surface area contributed by atoms with E-state index in [1.165, 1.54) is 0 Å². The molecule has 5 nitrogen and oxygen atoms in total. The van der Waals surface area contributed by atoms with Crippen LogP contribution in [-0.4, -0.2) is 22.0 Å². The number of ketones is 1. The van der Waals surface area contributed by atoms with E-state index >= 15 is 0 Å². The largest absolute Gasteiger partial charge is 0.331 e. The van der Waals surface area contributed by atoms with Crippen LogP contribution in [0.5, 0.6) is 0 Å². The lowest BCUT2D eigenvalue weighted by molar-refractivity contribution is 0.0896. The zero-order valence-corrected chi connectivity index (χ0v) is 10.4. The van der Waals surface area contributed by atoms with E-state index in [0.29, 0.717) is 5.82 Å². The summed E-state index contributed by atoms with van der Waals surface area (Å²) in [5.41, 5.74) is 5.50. The van der Waals surface area contributed by atoms with Gasteiger partial charge in [0.05, 0.1) is 6.04 Å². The van der Waals surface area contributed by atoms with Crippen LogP contribution in [0, 0.1) is 5.92 Å². The van der Waals surface area contributed by atoms with Crippen LogP contribution >= 0.6 is 0 Å². The van der Waals surface area contributed by atoms with Crippen molar-refractivity contribution >= 4 is 5.78 Å². The summed E-state index contributed by atoms with van der Waals surface area (Å²) in [5, 5.41) is 3.79. The van der Waals surface area contributed by atoms with Gasteiger partial charge in [-0.25, -0.2) is 0 Å². The molecule has 0 aliphatic heterocycles. The van der Waals surface area contributed by atoms with Gasteiger partial charge in [-0.3, -0.25) is 4.79 Å². The van der Waals surface area contributed by atoms with Crippen molar-refractivity contribution < 1.29 is 9.32 Å². The summed E-state index contributed by atoms with van der Waals surface area (Å²) in [6.07, 6.45) is 0. The molecule has 0 saturated carbocycles. The first-order valence-electron chi connectivity index (χ1n) is 5.37. The Bertz CT molecular complexity index is 377. The molecule has 16 heavy (non-hydrogen) atoms. The molecular formula is C11H19N3O2. The van der Waals surface area contributed by atoms with E-state index < -0.39 is 6.04 Å². The molecule has 1 rings (SSSR count). The molecule has 1 aromatic rings. The fourth-order valence-corrected chi connectivity index (χ4v) is 1.07. The van der Waals surface area contributed by atoms with Gasteiger partial charge in [0.2, 0.25) is 5.78 Å². The molecular weight excluding hydrogens is 206 g/mol. The topological polar surface area (TPSA) is 82.0 Å². The van der Waals surface area contributed by atoms with E-state index in [1.807, 2.05) is 34.6 Å². The average Bonchev–Trinajstić information content (AvgIpc) is 2.63. The van der Waals surface area contributed by atoms with Crippen LogP contribution in [0.1, 0.15) is 51.1 Å². The third kappa shape index (κ3) is 2.66. The molecule has 0 bridgehead atoms. The maximum absolute atomic E-state index is 11.8. The molecule has 1 aromatic heterocycles. The Morgan fingerprint density at radius 1 is 1.38 bits per heavy atom. The zero-order valence-electron chi connectivity index (χ0n) is 10.4. The summed E-state index contributed by atoms with van der Waals surface area (Å²) in [6.45, 7) is 9.62. The van der Waals surface area contributed by atoms with E-state index in [-0.39, 0.29) is 23.0 Å². The Morgan fingerprint density at radius 2 is 1.94 bits per heavy atom. The standard InChI is InChI=1S/C11H19N3O2/c1-6(2)7(12)8(15)9-13-10(14-16-9)11(3,4)5/h6-7H,12H2,1-5H3. The summed E-state index contributed by atoms with van der Waals surface area (Å²) in [7, 11) is 0. The number of carbonyl (C=O) groups excluding carboxylic acids is 1. The molecule has 0 radical (unpaired) electrons. The molecule has 0 fully saturated rings. The third-order valence-corrected chi connectivity index (χ3v) is 2.33. The minimum Gasteiger partial charge on any atom is -0.331 e. The van der Waals surface area contributed by atoms with Crippen molar-refractivity contribution in [2.24, 2.45) is 11.7 Å². The van der Waals surface area contributed by atoms with Crippen LogP contribution in [-0.2, 0) is 5.41 Å². The highest BCUT2D eigenvalue weighted by molar-refractivity contribution is 5.96. The van der Waals surface area contributed by atoms with Gasteiger partial charge in [0.15, 0.2) is 5.82 Å². The molecule has 0 amide bonds. The third-order valence-electron chi connectivity index (χ3n) is 2.33. The number of hydrogen-bond acceptors (Lipinski definition) is 5. The summed E-state index contributed by atoms with van der Waals surface area (Å²) in [4.78, 5) is 15.9. The van der Waals surface area contributed by atoms with Crippen LogP contribution in [0.15, 0.2) is 4.52 Å². The molecule has 0 aliphatic rings. The van der Waals surface area contributed by atoms with Crippen LogP contribution in [0.2, 0.25) is 0 Å². The van der Waals surface area contributed by atoms with Crippen LogP contribution in [0.4, 0.5) is 0 Å². The molecule has 1 unspecified atom stereocenters. The quantitative estimate of drug-likeness (QED) is 0.789. The smallest absolute Gasteiger partial charge is 0.295 e. The lowest BCUT2D eigenvalue weighted by Gasteiger charge is -2.12. The fraction of sp³-hybridized carbons (Fsp3) is 0.727. The van der Waals surface area contributed by atoms with Crippen molar-refractivity contribution in [1.82, 2.24) is 10.1 Å². The maximum atomic E-state index is 11.8. The van der Waals surface area contributed by atoms with E-state index in [9.17, 15) is 4.79 Å². The highest BCUT2D eigenvalue weighted by Crippen LogP contribution is 2.19. The Labute approximate surface area is 95.4 Å². The molecule has 2 N–H and O–H groups in total. The minimum absolute atomic E-state index is 0.00567. The van der Waals surface area contributed by atoms with Crippen molar-refractivity contribution in [3.05, 3.63) is 11.7 Å². The predicted molar refractivity (Wildman–Crippen MR) is 60.1 cm³/mol. The molecule has 5 heteroatoms. The number of nitrogens with zero attached hydrogens (tertiary/aromatic N) is 2. The highest BCUT2D eigenvalue weighted by atomic mass is 16.5. The van der Waals surface area contributed by atoms with Gasteiger partial charge in [0.25, 0.3) is 5.89 Å². The van der Waals surface area contributed by atoms with Crippen LogP contribution < -0.4 is 5.73 Å². The Morgan fingerprint density at radius 3 is 2.31 bits per heavy atom. The van der Waals surface area contributed by atoms with E-state index in [1.54, 1.807) is 0 Å². The summed E-state index contributed by atoms with van der Waals surface area (Å²) < 4.78 is 4.93. The number of carbonyl (C=O) groups is 1. The first kappa shape index (κ1) is 12.8. The van der Waals surface area contributed by atoms with Crippen molar-refractivity contribution in [1.29, 1.82) is 0 Å². The average molecular weight is 225 g/mol. The van der Waals surface area contributed by atoms with Crippen molar-refractivity contribution in [3.8, 4) is 0 Å². The number of Topliss-reactive ketones (excluding diaryl/α,β-unsaturated/α-hetero) is 1. The van der Waals surface area contributed by atoms with Gasteiger partial charge < -0.3 is 10.3 Å². The first-order valence-corrected chi connectivity index (χ1v) is 5.37. The Kier molecular flexibility index (Phi) is 3.48. The molecule has 0 aliphatic carbocycles. The van der Waals surface area contributed by atoms with Crippen molar-refractivity contribution in [2.45, 2.75) is 46.1 Å². The van der Waals surface area contributed by atoms with E-state index in [4.69, 9.17) is 10.3 Å². The number of aromatic nitrogens is 2. The van der Waals surface area contributed by atoms with Gasteiger partial charge in [0.1, 0.15) is 0 Å². The van der Waals surface area contributed by atoms with E-state index in [2.05, 4.69) is 10.1 Å². The minimum atomic E-state index is -0.590.